The van der Waals surface area contributed by atoms with Crippen LogP contribution >= 0.6 is 0 Å². The number of fused-ring (bicyclic) bond motifs is 4. The lowest BCUT2D eigenvalue weighted by molar-refractivity contribution is -0.566. The molecule has 4 heterocycles. The Morgan fingerprint density at radius 3 is 2.06 bits per heavy atom. The highest BCUT2D eigenvalue weighted by Gasteiger charge is 2.36. The van der Waals surface area contributed by atoms with Gasteiger partial charge in [-0.25, -0.2) is 4.98 Å². The van der Waals surface area contributed by atoms with Crippen LogP contribution in [-0.2, 0) is 10.8 Å². The van der Waals surface area contributed by atoms with Crippen molar-refractivity contribution in [3.05, 3.63) is 211 Å². The average Bonchev–Trinajstić information content (AvgIpc) is 4.01. The minimum atomic E-state index is -0.434. The van der Waals surface area contributed by atoms with Crippen molar-refractivity contribution < 1.29 is 16.2 Å². The van der Waals surface area contributed by atoms with Crippen LogP contribution in [0.25, 0.3) is 67.2 Å². The normalized spacial score (nSPS) is 13.6. The molecular formula is C61H56BN6O+. The average molecular weight is 905 g/mol. The van der Waals surface area contributed by atoms with E-state index in [2.05, 4.69) is 147 Å². The van der Waals surface area contributed by atoms with Gasteiger partial charge in [-0.1, -0.05) is 157 Å². The number of hydrogen-bond acceptors (Lipinski definition) is 4. The molecule has 0 saturated heterocycles. The lowest BCUT2D eigenvalue weighted by Crippen LogP contribution is -2.44. The highest BCUT2D eigenvalue weighted by atomic mass is 16.5. The molecule has 0 unspecified atom stereocenters. The molecule has 8 heteroatoms. The Labute approximate surface area is 413 Å². The number of ether oxygens (including phenoxy) is 1. The Morgan fingerprint density at radius 2 is 1.32 bits per heavy atom. The lowest BCUT2D eigenvalue weighted by atomic mass is 9.73. The molecule has 0 spiro atoms. The molecule has 10 aromatic rings. The highest BCUT2D eigenvalue weighted by Crippen LogP contribution is 2.45. The van der Waals surface area contributed by atoms with E-state index in [0.717, 1.165) is 67.4 Å². The van der Waals surface area contributed by atoms with Crippen LogP contribution in [0.2, 0.25) is 6.82 Å². The van der Waals surface area contributed by atoms with Crippen molar-refractivity contribution in [2.45, 2.75) is 66.1 Å². The van der Waals surface area contributed by atoms with E-state index in [1.807, 2.05) is 91.4 Å². The van der Waals surface area contributed by atoms with Gasteiger partial charge in [-0.3, -0.25) is 4.59 Å². The first-order chi connectivity index (χ1) is 35.3. The molecule has 0 fully saturated rings. The van der Waals surface area contributed by atoms with Crippen LogP contribution in [0.5, 0.6) is 11.5 Å². The molecule has 7 nitrogen and oxygen atoms in total. The van der Waals surface area contributed by atoms with E-state index in [-0.39, 0.29) is 47.5 Å². The van der Waals surface area contributed by atoms with E-state index in [1.165, 1.54) is 11.1 Å². The van der Waals surface area contributed by atoms with Crippen molar-refractivity contribution in [2.75, 3.05) is 4.81 Å². The van der Waals surface area contributed by atoms with Crippen molar-refractivity contribution in [1.29, 1.82) is 0 Å². The van der Waals surface area contributed by atoms with Crippen LogP contribution in [0.3, 0.4) is 0 Å². The summed E-state index contributed by atoms with van der Waals surface area (Å²) in [6.07, 6.45) is 3.87. The number of benzene rings is 7. The van der Waals surface area contributed by atoms with Gasteiger partial charge in [-0.2, -0.15) is 14.2 Å². The van der Waals surface area contributed by atoms with Crippen LogP contribution in [0, 0.1) is 6.92 Å². The third-order valence-corrected chi connectivity index (χ3v) is 13.2. The van der Waals surface area contributed by atoms with Crippen molar-refractivity contribution in [3.63, 3.8) is 0 Å². The van der Waals surface area contributed by atoms with Gasteiger partial charge in [0.25, 0.3) is 6.33 Å². The third kappa shape index (κ3) is 8.10. The first kappa shape index (κ1) is 38.1. The second-order valence-electron chi connectivity index (χ2n) is 20.0. The zero-order valence-corrected chi connectivity index (χ0v) is 40.3. The maximum atomic E-state index is 9.24. The molecule has 3 aromatic heterocycles. The summed E-state index contributed by atoms with van der Waals surface area (Å²) in [5.41, 5.74) is 13.7. The number of hydrogen-bond donors (Lipinski definition) is 0. The summed E-state index contributed by atoms with van der Waals surface area (Å²) >= 11 is 0. The molecule has 0 aliphatic carbocycles. The van der Waals surface area contributed by atoms with Gasteiger partial charge in [0, 0.05) is 46.3 Å². The number of rotatable bonds is 8. The molecule has 1 aliphatic rings. The second kappa shape index (κ2) is 17.0. The highest BCUT2D eigenvalue weighted by molar-refractivity contribution is 6.63. The topological polar surface area (TPSA) is 52.0 Å². The van der Waals surface area contributed by atoms with E-state index in [9.17, 15) is 2.74 Å². The monoisotopic (exact) mass is 904 g/mol. The Morgan fingerprint density at radius 1 is 0.623 bits per heavy atom. The standard InChI is InChI=1S/C61H56BN6O/c1-41-31-32-63-58(33-41)67-56-38-49(29-30-52(56)57-39-53(64-68(57)62(67)8)43-21-13-10-14-22-43)69-48-24-17-23-47(37-48)65-40-66(55-28-16-15-27-54(55)65)59-50(42-19-11-9-12-20-42)25-18-26-51(59)44-34-45(60(2,3)4)36-46(35-44)61(5,6)7/h9-40H,1-8H3/q+1/i9D,11D,12D,19D,20D. The minimum Gasteiger partial charge on any atom is -0.457 e. The number of imidazole rings is 1. The zero-order valence-electron chi connectivity index (χ0n) is 45.3. The van der Waals surface area contributed by atoms with Crippen LogP contribution < -0.4 is 14.1 Å². The zero-order chi connectivity index (χ0) is 52.0. The summed E-state index contributed by atoms with van der Waals surface area (Å²) in [5, 5.41) is 5.13. The van der Waals surface area contributed by atoms with Gasteiger partial charge in [0.1, 0.15) is 28.7 Å². The minimum absolute atomic E-state index is 0.132. The van der Waals surface area contributed by atoms with Crippen LogP contribution in [0.4, 0.5) is 11.5 Å². The summed E-state index contributed by atoms with van der Waals surface area (Å²) in [7, 11) is 0. The molecule has 7 aromatic carbocycles. The van der Waals surface area contributed by atoms with E-state index in [0.29, 0.717) is 22.7 Å². The van der Waals surface area contributed by atoms with Gasteiger partial charge < -0.3 is 9.55 Å². The van der Waals surface area contributed by atoms with Gasteiger partial charge in [0.2, 0.25) is 0 Å². The molecule has 0 saturated carbocycles. The summed E-state index contributed by atoms with van der Waals surface area (Å²) < 4.78 is 57.6. The molecule has 0 radical (unpaired) electrons. The smallest absolute Gasteiger partial charge is 0.401 e. The van der Waals surface area contributed by atoms with Gasteiger partial charge in [-0.15, -0.1) is 0 Å². The Balaban J connectivity index is 1.06. The fourth-order valence-corrected chi connectivity index (χ4v) is 9.50. The molecule has 69 heavy (non-hydrogen) atoms. The van der Waals surface area contributed by atoms with E-state index < -0.39 is 6.04 Å². The number of aryl methyl sites for hydroxylation is 1. The summed E-state index contributed by atoms with van der Waals surface area (Å²) in [6, 6.07) is 49.6. The van der Waals surface area contributed by atoms with Crippen molar-refractivity contribution in [3.8, 4) is 67.6 Å². The quantitative estimate of drug-likeness (QED) is 0.113. The van der Waals surface area contributed by atoms with Crippen LogP contribution in [0.1, 0.15) is 65.1 Å². The molecule has 0 N–H and O–H groups in total. The Hall–Kier alpha value is -7.97. The summed E-state index contributed by atoms with van der Waals surface area (Å²) in [6.45, 7) is 17.3. The first-order valence-corrected chi connectivity index (χ1v) is 23.5. The third-order valence-electron chi connectivity index (χ3n) is 13.2. The fourth-order valence-electron chi connectivity index (χ4n) is 9.50. The van der Waals surface area contributed by atoms with E-state index >= 15 is 0 Å². The largest absolute Gasteiger partial charge is 0.457 e. The summed E-state index contributed by atoms with van der Waals surface area (Å²) in [4.78, 5) is 7.06. The summed E-state index contributed by atoms with van der Waals surface area (Å²) in [5.74, 6) is 2.08. The van der Waals surface area contributed by atoms with Crippen LogP contribution in [-0.4, -0.2) is 26.2 Å². The number of anilines is 2. The van der Waals surface area contributed by atoms with Gasteiger partial charge in [-0.05, 0) is 107 Å². The Bertz CT molecular complexity index is 3790. The molecule has 1 aliphatic heterocycles. The molecule has 0 amide bonds. The predicted molar refractivity (Wildman–Crippen MR) is 284 cm³/mol. The van der Waals surface area contributed by atoms with Crippen molar-refractivity contribution in [1.82, 2.24) is 19.2 Å². The van der Waals surface area contributed by atoms with E-state index in [4.69, 9.17) is 18.9 Å². The predicted octanol–water partition coefficient (Wildman–Crippen LogP) is 15.0. The van der Waals surface area contributed by atoms with Gasteiger partial charge in [0.15, 0.2) is 11.0 Å². The number of pyridine rings is 1. The molecule has 11 rings (SSSR count). The van der Waals surface area contributed by atoms with Gasteiger partial charge >= 0.3 is 6.98 Å². The molecule has 0 atom stereocenters. The van der Waals surface area contributed by atoms with E-state index in [1.54, 1.807) is 0 Å². The van der Waals surface area contributed by atoms with Crippen molar-refractivity contribution in [2.24, 2.45) is 0 Å². The SMILES string of the molecule is [2H]c1c([2H])c([2H])c(-c2cccc(-c3cc(C(C)(C)C)cc(C(C)(C)C)c3)c2-[n+]2cn(-c3cccc(Oc4ccc5c(c4)N(c4cc(C)ccn4)B(C)n4nc(-c6ccccc6)cc4-5)c3)c3ccccc32)c([2H])c1[2H]. The maximum Gasteiger partial charge on any atom is 0.401 e. The molecule has 338 valence electrons. The lowest BCUT2D eigenvalue weighted by Gasteiger charge is -2.35. The van der Waals surface area contributed by atoms with Gasteiger partial charge in [0.05, 0.1) is 18.2 Å². The van der Waals surface area contributed by atoms with Crippen molar-refractivity contribution >= 4 is 29.5 Å². The maximum absolute atomic E-state index is 9.24. The second-order valence-corrected chi connectivity index (χ2v) is 20.0. The fraction of sp³-hybridized carbons (Fsp3) is 0.164. The number of aromatic nitrogens is 5. The van der Waals surface area contributed by atoms with Crippen LogP contribution in [0.15, 0.2) is 194 Å². The number of nitrogens with zero attached hydrogens (tertiary/aromatic N) is 6. The Kier molecular flexibility index (Phi) is 9.36. The first-order valence-electron chi connectivity index (χ1n) is 26.0. The molecule has 0 bridgehead atoms. The molecular weight excluding hydrogens is 844 g/mol. The number of para-hydroxylation sites is 3.